The van der Waals surface area contributed by atoms with E-state index in [1.807, 2.05) is 20.8 Å². The van der Waals surface area contributed by atoms with Crippen LogP contribution in [0.3, 0.4) is 0 Å². The third-order valence-electron chi connectivity index (χ3n) is 5.64. The minimum Gasteiger partial charge on any atom is -0.444 e. The Morgan fingerprint density at radius 1 is 1.00 bits per heavy atom. The number of anilines is 1. The molecule has 0 saturated carbocycles. The largest absolute Gasteiger partial charge is 0.573 e. The number of carbonyl (C=O) groups is 2. The number of hydrogen-bond donors (Lipinski definition) is 1. The van der Waals surface area contributed by atoms with Crippen molar-refractivity contribution in [1.82, 2.24) is 14.7 Å². The molecular weight excluding hydrogens is 521 g/mol. The molecule has 1 aromatic carbocycles. The fraction of sp³-hybridized carbons (Fsp3) is 0.636. The molecule has 190 valence electrons. The second kappa shape index (κ2) is 10.6. The van der Waals surface area contributed by atoms with Crippen molar-refractivity contribution in [3.8, 4) is 5.75 Å². The van der Waals surface area contributed by atoms with E-state index in [0.29, 0.717) is 45.3 Å². The molecule has 2 saturated heterocycles. The van der Waals surface area contributed by atoms with Crippen molar-refractivity contribution in [3.05, 3.63) is 22.7 Å². The van der Waals surface area contributed by atoms with Crippen LogP contribution >= 0.6 is 15.9 Å². The van der Waals surface area contributed by atoms with Crippen LogP contribution in [-0.4, -0.2) is 84.1 Å². The van der Waals surface area contributed by atoms with E-state index in [9.17, 15) is 22.8 Å². The lowest BCUT2D eigenvalue weighted by molar-refractivity contribution is -0.274. The number of benzene rings is 1. The molecule has 2 heterocycles. The Labute approximate surface area is 205 Å². The zero-order chi connectivity index (χ0) is 25.1. The normalized spacial score (nSPS) is 18.6. The molecule has 0 radical (unpaired) electrons. The molecule has 0 bridgehead atoms. The van der Waals surface area contributed by atoms with Crippen molar-refractivity contribution in [2.75, 3.05) is 44.6 Å². The first kappa shape index (κ1) is 26.4. The number of hydrogen-bond acceptors (Lipinski definition) is 5. The first-order valence-corrected chi connectivity index (χ1v) is 11.9. The molecule has 0 aliphatic carbocycles. The fourth-order valence-corrected chi connectivity index (χ4v) is 4.34. The Balaban J connectivity index is 1.46. The highest BCUT2D eigenvalue weighted by Crippen LogP contribution is 2.33. The van der Waals surface area contributed by atoms with Crippen molar-refractivity contribution in [1.29, 1.82) is 0 Å². The number of nitrogens with zero attached hydrogens (tertiary/aromatic N) is 3. The predicted octanol–water partition coefficient (Wildman–Crippen LogP) is 4.90. The van der Waals surface area contributed by atoms with Crippen LogP contribution in [0.1, 0.15) is 33.6 Å². The molecular formula is C22H30BrF3N4O4. The third kappa shape index (κ3) is 7.66. The van der Waals surface area contributed by atoms with Crippen LogP contribution in [0.25, 0.3) is 0 Å². The maximum atomic E-state index is 12.6. The van der Waals surface area contributed by atoms with Crippen LogP contribution < -0.4 is 10.1 Å². The summed E-state index contributed by atoms with van der Waals surface area (Å²) in [7, 11) is 0. The molecule has 2 aliphatic rings. The summed E-state index contributed by atoms with van der Waals surface area (Å²) in [5, 5.41) is 2.64. The van der Waals surface area contributed by atoms with E-state index in [2.05, 4.69) is 30.9 Å². The Bertz CT molecular complexity index is 878. The number of amides is 3. The Morgan fingerprint density at radius 3 is 2.18 bits per heavy atom. The minimum absolute atomic E-state index is 0.133. The van der Waals surface area contributed by atoms with Gasteiger partial charge >= 0.3 is 18.5 Å². The van der Waals surface area contributed by atoms with Gasteiger partial charge in [0.25, 0.3) is 0 Å². The summed E-state index contributed by atoms with van der Waals surface area (Å²) in [5.74, 6) is -0.423. The minimum atomic E-state index is -4.83. The van der Waals surface area contributed by atoms with E-state index < -0.39 is 17.7 Å². The molecule has 1 N–H and O–H groups in total. The van der Waals surface area contributed by atoms with Gasteiger partial charge in [0.1, 0.15) is 11.4 Å². The number of urea groups is 1. The van der Waals surface area contributed by atoms with Gasteiger partial charge in [0.15, 0.2) is 0 Å². The highest BCUT2D eigenvalue weighted by molar-refractivity contribution is 9.10. The fourth-order valence-electron chi connectivity index (χ4n) is 4.02. The van der Waals surface area contributed by atoms with Crippen molar-refractivity contribution < 1.29 is 32.2 Å². The smallest absolute Gasteiger partial charge is 0.444 e. The van der Waals surface area contributed by atoms with Crippen LogP contribution in [0.2, 0.25) is 0 Å². The molecule has 8 nitrogen and oxygen atoms in total. The van der Waals surface area contributed by atoms with E-state index in [1.54, 1.807) is 9.80 Å². The van der Waals surface area contributed by atoms with Gasteiger partial charge in [0.05, 0.1) is 4.47 Å². The molecule has 0 aromatic heterocycles. The summed E-state index contributed by atoms with van der Waals surface area (Å²) in [4.78, 5) is 30.6. The average Bonchev–Trinajstić information content (AvgIpc) is 2.74. The molecule has 3 amide bonds. The second-order valence-corrected chi connectivity index (χ2v) is 10.2. The van der Waals surface area contributed by atoms with Gasteiger partial charge in [-0.3, -0.25) is 4.90 Å². The molecule has 3 rings (SSSR count). The molecule has 0 unspecified atom stereocenters. The summed E-state index contributed by atoms with van der Waals surface area (Å²) >= 11 is 3.01. The Hall–Kier alpha value is -2.21. The molecule has 2 fully saturated rings. The maximum Gasteiger partial charge on any atom is 0.573 e. The molecule has 0 atom stereocenters. The zero-order valence-electron chi connectivity index (χ0n) is 19.5. The first-order chi connectivity index (χ1) is 15.8. The number of halogens is 4. The summed E-state index contributed by atoms with van der Waals surface area (Å²) in [6.45, 7) is 9.18. The van der Waals surface area contributed by atoms with Crippen LogP contribution in [0, 0.1) is 0 Å². The average molecular weight is 551 g/mol. The standard InChI is InChI=1S/C22H30BrF3N4O4/c1-21(2,3)34-20(32)30-8-6-16(7-9-30)28-10-12-29(13-11-28)19(31)27-15-4-5-17(23)18(14-15)33-22(24,25)26/h4-5,14,16H,6-13H2,1-3H3,(H,27,31). The quantitative estimate of drug-likeness (QED) is 0.579. The van der Waals surface area contributed by atoms with Crippen molar-refractivity contribution in [2.45, 2.75) is 51.6 Å². The van der Waals surface area contributed by atoms with Gasteiger partial charge in [0, 0.05) is 57.1 Å². The van der Waals surface area contributed by atoms with Gasteiger partial charge in [0.2, 0.25) is 0 Å². The lowest BCUT2D eigenvalue weighted by atomic mass is 10.0. The van der Waals surface area contributed by atoms with Gasteiger partial charge < -0.3 is 24.6 Å². The number of piperidine rings is 1. The summed E-state index contributed by atoms with van der Waals surface area (Å²) in [6.07, 6.45) is -3.44. The number of nitrogens with one attached hydrogen (secondary N) is 1. The Morgan fingerprint density at radius 2 is 1.62 bits per heavy atom. The van der Waals surface area contributed by atoms with Crippen molar-refractivity contribution in [2.24, 2.45) is 0 Å². The number of piperazine rings is 1. The summed E-state index contributed by atoms with van der Waals surface area (Å²) in [6, 6.07) is 3.97. The van der Waals surface area contributed by atoms with Crippen molar-refractivity contribution >= 4 is 33.7 Å². The number of likely N-dealkylation sites (tertiary alicyclic amines) is 1. The van der Waals surface area contributed by atoms with E-state index in [1.165, 1.54) is 12.1 Å². The SMILES string of the molecule is CC(C)(C)OC(=O)N1CCC(N2CCN(C(=O)Nc3ccc(Br)c(OC(F)(F)F)c3)CC2)CC1. The molecule has 12 heteroatoms. The van der Waals surface area contributed by atoms with E-state index >= 15 is 0 Å². The number of alkyl halides is 3. The van der Waals surface area contributed by atoms with Gasteiger partial charge in [-0.1, -0.05) is 0 Å². The van der Waals surface area contributed by atoms with Gasteiger partial charge in [-0.15, -0.1) is 13.2 Å². The number of rotatable bonds is 3. The third-order valence-corrected chi connectivity index (χ3v) is 6.30. The van der Waals surface area contributed by atoms with E-state index in [0.717, 1.165) is 18.9 Å². The summed E-state index contributed by atoms with van der Waals surface area (Å²) < 4.78 is 47.2. The van der Waals surface area contributed by atoms with E-state index in [4.69, 9.17) is 4.74 Å². The molecule has 34 heavy (non-hydrogen) atoms. The van der Waals surface area contributed by atoms with E-state index in [-0.39, 0.29) is 22.3 Å². The topological polar surface area (TPSA) is 74.4 Å². The van der Waals surface area contributed by atoms with Crippen LogP contribution in [0.4, 0.5) is 28.4 Å². The predicted molar refractivity (Wildman–Crippen MR) is 124 cm³/mol. The molecule has 1 aromatic rings. The summed E-state index contributed by atoms with van der Waals surface area (Å²) in [5.41, 5.74) is -0.307. The highest BCUT2D eigenvalue weighted by Gasteiger charge is 2.33. The Kier molecular flexibility index (Phi) is 8.22. The van der Waals surface area contributed by atoms with Crippen LogP contribution in [-0.2, 0) is 4.74 Å². The zero-order valence-corrected chi connectivity index (χ0v) is 21.0. The molecule has 2 aliphatic heterocycles. The first-order valence-electron chi connectivity index (χ1n) is 11.1. The van der Waals surface area contributed by atoms with Gasteiger partial charge in [-0.25, -0.2) is 9.59 Å². The van der Waals surface area contributed by atoms with Crippen LogP contribution in [0.15, 0.2) is 22.7 Å². The lowest BCUT2D eigenvalue weighted by Gasteiger charge is -2.42. The molecule has 0 spiro atoms. The lowest BCUT2D eigenvalue weighted by Crippen LogP contribution is -2.55. The number of ether oxygens (including phenoxy) is 2. The second-order valence-electron chi connectivity index (χ2n) is 9.34. The monoisotopic (exact) mass is 550 g/mol. The van der Waals surface area contributed by atoms with Crippen molar-refractivity contribution in [3.63, 3.8) is 0 Å². The van der Waals surface area contributed by atoms with Gasteiger partial charge in [-0.2, -0.15) is 0 Å². The number of carbonyl (C=O) groups excluding carboxylic acids is 2. The van der Waals surface area contributed by atoms with Crippen LogP contribution in [0.5, 0.6) is 5.75 Å². The maximum absolute atomic E-state index is 12.6. The highest BCUT2D eigenvalue weighted by atomic mass is 79.9. The van der Waals surface area contributed by atoms with Gasteiger partial charge in [-0.05, 0) is 61.7 Å².